The van der Waals surface area contributed by atoms with Gasteiger partial charge in [0.2, 0.25) is 11.8 Å². The summed E-state index contributed by atoms with van der Waals surface area (Å²) in [6.45, 7) is 5.40. The first-order valence-electron chi connectivity index (χ1n) is 6.39. The SMILES string of the molecule is CCC1(C)NC(=O)CC(C)N(CCS(C)(=O)=O)C1=O. The van der Waals surface area contributed by atoms with Crippen LogP contribution >= 0.6 is 0 Å². The van der Waals surface area contributed by atoms with E-state index in [0.29, 0.717) is 6.42 Å². The zero-order valence-electron chi connectivity index (χ0n) is 11.9. The zero-order chi connectivity index (χ0) is 14.8. The number of sulfone groups is 1. The predicted octanol–water partition coefficient (Wildman–Crippen LogP) is -0.0633. The minimum atomic E-state index is -3.14. The Morgan fingerprint density at radius 2 is 2.00 bits per heavy atom. The molecule has 1 rings (SSSR count). The van der Waals surface area contributed by atoms with Crippen LogP contribution in [0.15, 0.2) is 0 Å². The van der Waals surface area contributed by atoms with Gasteiger partial charge in [0.05, 0.1) is 5.75 Å². The average molecular weight is 290 g/mol. The number of carbonyl (C=O) groups excluding carboxylic acids is 2. The molecule has 19 heavy (non-hydrogen) atoms. The second-order valence-corrected chi connectivity index (χ2v) is 7.68. The molecule has 1 N–H and O–H groups in total. The highest BCUT2D eigenvalue weighted by Gasteiger charge is 2.41. The minimum absolute atomic E-state index is 0.0862. The Hall–Kier alpha value is -1.11. The molecule has 1 fully saturated rings. The normalized spacial score (nSPS) is 29.1. The highest BCUT2D eigenvalue weighted by molar-refractivity contribution is 7.90. The van der Waals surface area contributed by atoms with E-state index in [4.69, 9.17) is 0 Å². The van der Waals surface area contributed by atoms with Crippen molar-refractivity contribution in [3.63, 3.8) is 0 Å². The number of carbonyl (C=O) groups is 2. The number of rotatable bonds is 4. The summed E-state index contributed by atoms with van der Waals surface area (Å²) in [4.78, 5) is 25.7. The van der Waals surface area contributed by atoms with Crippen molar-refractivity contribution in [2.24, 2.45) is 0 Å². The number of hydrogen-bond acceptors (Lipinski definition) is 4. The molecule has 0 aliphatic carbocycles. The fraction of sp³-hybridized carbons (Fsp3) is 0.833. The molecule has 0 aromatic rings. The summed E-state index contributed by atoms with van der Waals surface area (Å²) >= 11 is 0. The molecule has 1 heterocycles. The van der Waals surface area contributed by atoms with E-state index >= 15 is 0 Å². The lowest BCUT2D eigenvalue weighted by Gasteiger charge is -2.33. The summed E-state index contributed by atoms with van der Waals surface area (Å²) in [6, 6.07) is -0.289. The van der Waals surface area contributed by atoms with Gasteiger partial charge in [-0.2, -0.15) is 0 Å². The molecular weight excluding hydrogens is 268 g/mol. The van der Waals surface area contributed by atoms with Gasteiger partial charge < -0.3 is 10.2 Å². The standard InChI is InChI=1S/C12H22N2O4S/c1-5-12(3)11(16)14(6-7-19(4,17)18)9(2)8-10(15)13-12/h9H,5-8H2,1-4H3,(H,13,15). The molecule has 0 aromatic heterocycles. The highest BCUT2D eigenvalue weighted by Crippen LogP contribution is 2.21. The van der Waals surface area contributed by atoms with E-state index in [1.165, 1.54) is 4.90 Å². The van der Waals surface area contributed by atoms with Crippen molar-refractivity contribution in [2.75, 3.05) is 18.6 Å². The van der Waals surface area contributed by atoms with Crippen LogP contribution in [0.5, 0.6) is 0 Å². The summed E-state index contributed by atoms with van der Waals surface area (Å²) in [6.07, 6.45) is 1.81. The average Bonchev–Trinajstić information content (AvgIpc) is 2.33. The van der Waals surface area contributed by atoms with E-state index < -0.39 is 15.4 Å². The maximum Gasteiger partial charge on any atom is 0.248 e. The third-order valence-electron chi connectivity index (χ3n) is 3.57. The monoisotopic (exact) mass is 290 g/mol. The van der Waals surface area contributed by atoms with Gasteiger partial charge >= 0.3 is 0 Å². The Balaban J connectivity index is 2.99. The van der Waals surface area contributed by atoms with Crippen molar-refractivity contribution in [1.29, 1.82) is 0 Å². The van der Waals surface area contributed by atoms with Crippen molar-refractivity contribution in [3.05, 3.63) is 0 Å². The van der Waals surface area contributed by atoms with E-state index in [2.05, 4.69) is 5.32 Å². The van der Waals surface area contributed by atoms with Crippen LogP contribution in [0.2, 0.25) is 0 Å². The smallest absolute Gasteiger partial charge is 0.248 e. The lowest BCUT2D eigenvalue weighted by molar-refractivity contribution is -0.139. The lowest BCUT2D eigenvalue weighted by Crippen LogP contribution is -2.56. The van der Waals surface area contributed by atoms with E-state index in [-0.39, 0.29) is 36.6 Å². The highest BCUT2D eigenvalue weighted by atomic mass is 32.2. The van der Waals surface area contributed by atoms with Crippen LogP contribution in [0, 0.1) is 0 Å². The van der Waals surface area contributed by atoms with Gasteiger partial charge in [0.1, 0.15) is 15.4 Å². The van der Waals surface area contributed by atoms with Gasteiger partial charge in [-0.3, -0.25) is 9.59 Å². The Morgan fingerprint density at radius 3 is 2.47 bits per heavy atom. The second-order valence-electron chi connectivity index (χ2n) is 5.42. The summed E-state index contributed by atoms with van der Waals surface area (Å²) < 4.78 is 22.5. The first-order chi connectivity index (χ1) is 8.59. The van der Waals surface area contributed by atoms with Crippen molar-refractivity contribution in [1.82, 2.24) is 10.2 Å². The van der Waals surface area contributed by atoms with Gasteiger partial charge in [-0.05, 0) is 20.3 Å². The number of nitrogens with zero attached hydrogens (tertiary/aromatic N) is 1. The van der Waals surface area contributed by atoms with Gasteiger partial charge in [0.15, 0.2) is 0 Å². The number of nitrogens with one attached hydrogen (secondary N) is 1. The molecule has 6 nitrogen and oxygen atoms in total. The minimum Gasteiger partial charge on any atom is -0.342 e. The van der Waals surface area contributed by atoms with Gasteiger partial charge in [-0.25, -0.2) is 8.42 Å². The van der Waals surface area contributed by atoms with Gasteiger partial charge in [0, 0.05) is 25.3 Å². The Labute approximate surface area is 114 Å². The molecule has 2 atom stereocenters. The molecule has 1 aliphatic rings. The largest absolute Gasteiger partial charge is 0.342 e. The van der Waals surface area contributed by atoms with Crippen LogP contribution < -0.4 is 5.32 Å². The first-order valence-corrected chi connectivity index (χ1v) is 8.45. The van der Waals surface area contributed by atoms with Crippen LogP contribution in [0.3, 0.4) is 0 Å². The maximum atomic E-state index is 12.5. The van der Waals surface area contributed by atoms with Crippen molar-refractivity contribution < 1.29 is 18.0 Å². The molecular formula is C12H22N2O4S. The van der Waals surface area contributed by atoms with Crippen LogP contribution in [-0.2, 0) is 19.4 Å². The van der Waals surface area contributed by atoms with E-state index in [9.17, 15) is 18.0 Å². The van der Waals surface area contributed by atoms with Crippen molar-refractivity contribution in [2.45, 2.75) is 45.2 Å². The first kappa shape index (κ1) is 15.9. The van der Waals surface area contributed by atoms with Gasteiger partial charge in [-0.15, -0.1) is 0 Å². The lowest BCUT2D eigenvalue weighted by atomic mass is 9.97. The molecule has 2 unspecified atom stereocenters. The van der Waals surface area contributed by atoms with E-state index in [1.807, 2.05) is 6.92 Å². The van der Waals surface area contributed by atoms with Crippen molar-refractivity contribution in [3.8, 4) is 0 Å². The summed E-state index contributed by atoms with van der Waals surface area (Å²) in [7, 11) is -3.14. The predicted molar refractivity (Wildman–Crippen MR) is 72.3 cm³/mol. The fourth-order valence-corrected chi connectivity index (χ4v) is 2.66. The topological polar surface area (TPSA) is 83.6 Å². The quantitative estimate of drug-likeness (QED) is 0.786. The number of hydrogen-bond donors (Lipinski definition) is 1. The van der Waals surface area contributed by atoms with Crippen LogP contribution in [-0.4, -0.2) is 55.3 Å². The molecule has 0 radical (unpaired) electrons. The molecule has 0 spiro atoms. The van der Waals surface area contributed by atoms with Crippen LogP contribution in [0.25, 0.3) is 0 Å². The molecule has 110 valence electrons. The van der Waals surface area contributed by atoms with E-state index in [1.54, 1.807) is 13.8 Å². The van der Waals surface area contributed by atoms with Crippen LogP contribution in [0.1, 0.15) is 33.6 Å². The molecule has 1 aliphatic heterocycles. The molecule has 0 aromatic carbocycles. The molecule has 0 saturated carbocycles. The van der Waals surface area contributed by atoms with Gasteiger partial charge in [0.25, 0.3) is 0 Å². The Bertz CT molecular complexity index is 474. The molecule has 1 saturated heterocycles. The Morgan fingerprint density at radius 1 is 1.42 bits per heavy atom. The fourth-order valence-electron chi connectivity index (χ4n) is 2.13. The summed E-state index contributed by atoms with van der Waals surface area (Å²) in [5, 5.41) is 2.73. The molecule has 0 bridgehead atoms. The van der Waals surface area contributed by atoms with E-state index in [0.717, 1.165) is 6.26 Å². The third kappa shape index (κ3) is 3.92. The number of amides is 2. The Kier molecular flexibility index (Phi) is 4.60. The third-order valence-corrected chi connectivity index (χ3v) is 4.50. The van der Waals surface area contributed by atoms with Gasteiger partial charge in [-0.1, -0.05) is 6.92 Å². The zero-order valence-corrected chi connectivity index (χ0v) is 12.7. The maximum absolute atomic E-state index is 12.5. The molecule has 7 heteroatoms. The summed E-state index contributed by atoms with van der Waals surface area (Å²) in [5.41, 5.74) is -0.945. The van der Waals surface area contributed by atoms with Crippen molar-refractivity contribution >= 4 is 21.7 Å². The summed E-state index contributed by atoms with van der Waals surface area (Å²) in [5.74, 6) is -0.471. The second kappa shape index (κ2) is 5.48. The molecule has 2 amide bonds. The van der Waals surface area contributed by atoms with Crippen LogP contribution in [0.4, 0.5) is 0 Å².